The van der Waals surface area contributed by atoms with Gasteiger partial charge in [-0.3, -0.25) is 9.59 Å². The van der Waals surface area contributed by atoms with Crippen molar-refractivity contribution in [3.8, 4) is 0 Å². The molecule has 190 valence electrons. The van der Waals surface area contributed by atoms with Gasteiger partial charge in [0.1, 0.15) is 11.2 Å². The second kappa shape index (κ2) is 8.70. The maximum atomic E-state index is 13.9. The third-order valence-electron chi connectivity index (χ3n) is 5.08. The van der Waals surface area contributed by atoms with Crippen molar-refractivity contribution in [3.05, 3.63) is 54.9 Å². The van der Waals surface area contributed by atoms with E-state index in [4.69, 9.17) is 9.47 Å². The molecule has 0 bridgehead atoms. The molecule has 0 saturated heterocycles. The Morgan fingerprint density at radius 3 is 1.28 bits per heavy atom. The number of nitrogens with zero attached hydrogens (tertiary/aromatic N) is 2. The van der Waals surface area contributed by atoms with Crippen molar-refractivity contribution in [3.63, 3.8) is 0 Å². The standard InChI is InChI=1S/C26H28N2O6S2/c1-13-9-15(35-11-13)19-17-18(22(30)27(19)23(31)33-25(3,4)5)20(16-10-14(2)12-36-16)28(21(17)29)24(32)34-26(6,7)8/h9-12H,1-8H3. The maximum absolute atomic E-state index is 13.9. The van der Waals surface area contributed by atoms with E-state index in [9.17, 15) is 19.2 Å². The average molecular weight is 529 g/mol. The third kappa shape index (κ3) is 4.62. The minimum absolute atomic E-state index is 0.0142. The Balaban J connectivity index is 1.99. The zero-order valence-corrected chi connectivity index (χ0v) is 23.1. The quantitative estimate of drug-likeness (QED) is 0.467. The van der Waals surface area contributed by atoms with Crippen LogP contribution in [-0.4, -0.2) is 45.0 Å². The van der Waals surface area contributed by atoms with Crippen LogP contribution in [0.2, 0.25) is 0 Å². The van der Waals surface area contributed by atoms with Gasteiger partial charge in [-0.2, -0.15) is 0 Å². The lowest BCUT2D eigenvalue weighted by Gasteiger charge is -2.27. The monoisotopic (exact) mass is 528 g/mol. The van der Waals surface area contributed by atoms with Crippen LogP contribution >= 0.6 is 22.7 Å². The number of aryl methyl sites for hydroxylation is 2. The van der Waals surface area contributed by atoms with Crippen molar-refractivity contribution in [1.82, 2.24) is 9.80 Å². The van der Waals surface area contributed by atoms with E-state index in [0.29, 0.717) is 9.75 Å². The summed E-state index contributed by atoms with van der Waals surface area (Å²) in [6, 6.07) is 3.58. The molecule has 0 fully saturated rings. The topological polar surface area (TPSA) is 93.2 Å². The van der Waals surface area contributed by atoms with Gasteiger partial charge < -0.3 is 9.47 Å². The van der Waals surface area contributed by atoms with Gasteiger partial charge in [0.25, 0.3) is 11.8 Å². The number of carbonyl (C=O) groups is 4. The van der Waals surface area contributed by atoms with Gasteiger partial charge in [-0.05, 0) is 89.4 Å². The number of amides is 4. The molecule has 36 heavy (non-hydrogen) atoms. The number of thiophene rings is 2. The van der Waals surface area contributed by atoms with E-state index in [1.165, 1.54) is 22.7 Å². The predicted octanol–water partition coefficient (Wildman–Crippen LogP) is 6.10. The van der Waals surface area contributed by atoms with Crippen molar-refractivity contribution in [2.45, 2.75) is 66.6 Å². The highest BCUT2D eigenvalue weighted by Gasteiger charge is 2.54. The van der Waals surface area contributed by atoms with Crippen LogP contribution in [-0.2, 0) is 19.1 Å². The second-order valence-electron chi connectivity index (χ2n) is 10.7. The van der Waals surface area contributed by atoms with Gasteiger partial charge in [0, 0.05) is 0 Å². The Labute approximate surface area is 217 Å². The molecule has 2 aliphatic rings. The smallest absolute Gasteiger partial charge is 0.422 e. The van der Waals surface area contributed by atoms with E-state index < -0.39 is 35.2 Å². The summed E-state index contributed by atoms with van der Waals surface area (Å²) >= 11 is 2.59. The summed E-state index contributed by atoms with van der Waals surface area (Å²) in [5.41, 5.74) is 0.268. The molecule has 0 spiro atoms. The molecular weight excluding hydrogens is 500 g/mol. The van der Waals surface area contributed by atoms with Crippen LogP contribution in [0.4, 0.5) is 9.59 Å². The van der Waals surface area contributed by atoms with Gasteiger partial charge in [-0.1, -0.05) is 0 Å². The van der Waals surface area contributed by atoms with Crippen molar-refractivity contribution >= 4 is 58.1 Å². The molecule has 4 amide bonds. The van der Waals surface area contributed by atoms with E-state index in [-0.39, 0.29) is 22.5 Å². The minimum Gasteiger partial charge on any atom is -0.443 e. The van der Waals surface area contributed by atoms with Crippen LogP contribution in [0.5, 0.6) is 0 Å². The molecular formula is C26H28N2O6S2. The summed E-state index contributed by atoms with van der Waals surface area (Å²) in [7, 11) is 0. The summed E-state index contributed by atoms with van der Waals surface area (Å²) in [5, 5.41) is 3.72. The molecule has 0 atom stereocenters. The number of hydrogen-bond acceptors (Lipinski definition) is 8. The summed E-state index contributed by atoms with van der Waals surface area (Å²) in [6.45, 7) is 13.9. The number of imide groups is 2. The first kappa shape index (κ1) is 25.8. The molecule has 0 N–H and O–H groups in total. The zero-order valence-electron chi connectivity index (χ0n) is 21.5. The van der Waals surface area contributed by atoms with Crippen LogP contribution in [0.25, 0.3) is 11.4 Å². The van der Waals surface area contributed by atoms with Gasteiger partial charge in [-0.25, -0.2) is 19.4 Å². The Kier molecular flexibility index (Phi) is 6.25. The third-order valence-corrected chi connectivity index (χ3v) is 7.19. The molecule has 2 aliphatic heterocycles. The molecule has 0 unspecified atom stereocenters. The highest BCUT2D eigenvalue weighted by Crippen LogP contribution is 2.49. The molecule has 8 nitrogen and oxygen atoms in total. The van der Waals surface area contributed by atoms with Crippen LogP contribution in [0.3, 0.4) is 0 Å². The SMILES string of the molecule is Cc1csc(C2=C3C(=O)N(C(=O)OC(C)(C)C)C(c4cc(C)cs4)=C3C(=O)N2C(=O)OC(C)(C)C)c1. The summed E-state index contributed by atoms with van der Waals surface area (Å²) in [4.78, 5) is 57.2. The van der Waals surface area contributed by atoms with Gasteiger partial charge in [0.15, 0.2) is 0 Å². The van der Waals surface area contributed by atoms with Crippen LogP contribution < -0.4 is 0 Å². The van der Waals surface area contributed by atoms with Crippen LogP contribution in [0, 0.1) is 13.8 Å². The van der Waals surface area contributed by atoms with Crippen molar-refractivity contribution < 1.29 is 28.7 Å². The molecule has 4 rings (SSSR count). The normalized spacial score (nSPS) is 16.3. The van der Waals surface area contributed by atoms with Crippen LogP contribution in [0.1, 0.15) is 62.4 Å². The minimum atomic E-state index is -0.888. The first-order valence-electron chi connectivity index (χ1n) is 11.3. The molecule has 2 aromatic rings. The highest BCUT2D eigenvalue weighted by atomic mass is 32.1. The summed E-state index contributed by atoms with van der Waals surface area (Å²) in [5.74, 6) is -1.44. The molecule has 10 heteroatoms. The highest BCUT2D eigenvalue weighted by molar-refractivity contribution is 7.11. The van der Waals surface area contributed by atoms with Gasteiger partial charge >= 0.3 is 12.2 Å². The Morgan fingerprint density at radius 2 is 1.03 bits per heavy atom. The van der Waals surface area contributed by atoms with E-state index in [2.05, 4.69) is 0 Å². The summed E-state index contributed by atoms with van der Waals surface area (Å²) in [6.07, 6.45) is -1.78. The molecule has 0 aromatic carbocycles. The van der Waals surface area contributed by atoms with Gasteiger partial charge in [0.05, 0.1) is 32.3 Å². The van der Waals surface area contributed by atoms with Gasteiger partial charge in [-0.15, -0.1) is 22.7 Å². The Bertz CT molecular complexity index is 1260. The lowest BCUT2D eigenvalue weighted by Crippen LogP contribution is -2.40. The van der Waals surface area contributed by atoms with E-state index in [1.54, 1.807) is 53.7 Å². The lowest BCUT2D eigenvalue weighted by molar-refractivity contribution is -0.123. The molecule has 2 aromatic heterocycles. The average Bonchev–Trinajstić information content (AvgIpc) is 3.44. The predicted molar refractivity (Wildman–Crippen MR) is 138 cm³/mol. The zero-order chi connectivity index (χ0) is 26.7. The maximum Gasteiger partial charge on any atom is 0.422 e. The van der Waals surface area contributed by atoms with Crippen LogP contribution in [0.15, 0.2) is 34.0 Å². The fourth-order valence-electron chi connectivity index (χ4n) is 3.84. The number of fused-ring (bicyclic) bond motifs is 1. The fourth-order valence-corrected chi connectivity index (χ4v) is 5.72. The largest absolute Gasteiger partial charge is 0.443 e. The van der Waals surface area contributed by atoms with Gasteiger partial charge in [0.2, 0.25) is 0 Å². The van der Waals surface area contributed by atoms with E-state index >= 15 is 0 Å². The number of carbonyl (C=O) groups excluding carboxylic acids is 4. The Hall–Kier alpha value is -3.24. The van der Waals surface area contributed by atoms with Crippen molar-refractivity contribution in [2.24, 2.45) is 0 Å². The summed E-state index contributed by atoms with van der Waals surface area (Å²) < 4.78 is 11.1. The van der Waals surface area contributed by atoms with E-state index in [0.717, 1.165) is 20.9 Å². The van der Waals surface area contributed by atoms with Crippen molar-refractivity contribution in [1.29, 1.82) is 0 Å². The van der Waals surface area contributed by atoms with E-state index in [1.807, 2.05) is 24.6 Å². The first-order valence-corrected chi connectivity index (χ1v) is 13.1. The number of rotatable bonds is 2. The first-order chi connectivity index (χ1) is 16.6. The molecule has 4 heterocycles. The number of ether oxygens (including phenoxy) is 2. The van der Waals surface area contributed by atoms with Crippen molar-refractivity contribution in [2.75, 3.05) is 0 Å². The Morgan fingerprint density at radius 1 is 0.694 bits per heavy atom. The molecule has 0 radical (unpaired) electrons. The lowest BCUT2D eigenvalue weighted by atomic mass is 10.1. The number of hydrogen-bond donors (Lipinski definition) is 0. The molecule has 0 saturated carbocycles. The second-order valence-corrected chi connectivity index (χ2v) is 12.5. The fraction of sp³-hybridized carbons (Fsp3) is 0.385. The molecule has 0 aliphatic carbocycles.